The van der Waals surface area contributed by atoms with E-state index in [9.17, 15) is 19.4 Å². The summed E-state index contributed by atoms with van der Waals surface area (Å²) < 4.78 is 39.8. The molecule has 8 atom stereocenters. The van der Waals surface area contributed by atoms with Crippen LogP contribution in [0.15, 0.2) is 0 Å². The molecular weight excluding hydrogens is 415 g/mol. The summed E-state index contributed by atoms with van der Waals surface area (Å²) in [6, 6.07) is 0. The van der Waals surface area contributed by atoms with Crippen LogP contribution in [-0.4, -0.2) is 65.8 Å². The fourth-order valence-corrected chi connectivity index (χ4v) is 5.23. The maximum Gasteiger partial charge on any atom is 0.529 e. The van der Waals surface area contributed by atoms with E-state index in [1.807, 2.05) is 34.6 Å². The average Bonchev–Trinajstić information content (AvgIpc) is 3.10. The summed E-state index contributed by atoms with van der Waals surface area (Å²) in [6.07, 6.45) is -1.76. The van der Waals surface area contributed by atoms with Crippen LogP contribution in [0.3, 0.4) is 0 Å². The zero-order chi connectivity index (χ0) is 22.6. The van der Waals surface area contributed by atoms with Crippen molar-refractivity contribution in [1.29, 1.82) is 0 Å². The SMILES string of the molecule is CC(C)OCC1C(OP(=O)(O)OC(=O)C2OC(C)CC2OC(C)C)CC(C)C1CO. The molecule has 2 N–H and O–H groups in total. The zero-order valence-corrected chi connectivity index (χ0v) is 19.6. The highest BCUT2D eigenvalue weighted by molar-refractivity contribution is 7.48. The summed E-state index contributed by atoms with van der Waals surface area (Å²) >= 11 is 0. The Balaban J connectivity index is 2.03. The van der Waals surface area contributed by atoms with Gasteiger partial charge in [-0.05, 0) is 52.9 Å². The second kappa shape index (κ2) is 10.9. The van der Waals surface area contributed by atoms with Gasteiger partial charge < -0.3 is 23.8 Å². The van der Waals surface area contributed by atoms with Gasteiger partial charge in [0.2, 0.25) is 0 Å². The molecule has 2 fully saturated rings. The molecule has 10 heteroatoms. The normalized spacial score (nSPS) is 36.4. The number of aliphatic hydroxyl groups excluding tert-OH is 1. The fraction of sp³-hybridized carbons (Fsp3) is 0.950. The molecular formula is C20H37O9P. The monoisotopic (exact) mass is 452 g/mol. The van der Waals surface area contributed by atoms with E-state index in [1.54, 1.807) is 6.92 Å². The third-order valence-corrected chi connectivity index (χ3v) is 6.58. The second-order valence-electron chi connectivity index (χ2n) is 8.95. The first-order valence-electron chi connectivity index (χ1n) is 10.7. The van der Waals surface area contributed by atoms with Gasteiger partial charge in [-0.15, -0.1) is 0 Å². The third-order valence-electron chi connectivity index (χ3n) is 5.63. The molecule has 176 valence electrons. The molecule has 0 aromatic carbocycles. The van der Waals surface area contributed by atoms with Crippen molar-refractivity contribution in [2.75, 3.05) is 13.2 Å². The lowest BCUT2D eigenvalue weighted by atomic mass is 9.91. The summed E-state index contributed by atoms with van der Waals surface area (Å²) in [5, 5.41) is 9.74. The number of phosphoric ester groups is 1. The molecule has 0 amide bonds. The van der Waals surface area contributed by atoms with E-state index < -0.39 is 32.1 Å². The van der Waals surface area contributed by atoms with Gasteiger partial charge in [-0.1, -0.05) is 6.92 Å². The Hall–Kier alpha value is -0.540. The van der Waals surface area contributed by atoms with E-state index in [0.717, 1.165) is 0 Å². The van der Waals surface area contributed by atoms with Crippen LogP contribution in [0.5, 0.6) is 0 Å². The lowest BCUT2D eigenvalue weighted by Gasteiger charge is -2.27. The molecule has 1 saturated heterocycles. The maximum absolute atomic E-state index is 12.6. The Bertz CT molecular complexity index is 611. The quantitative estimate of drug-likeness (QED) is 0.482. The standard InChI is InChI=1S/C20H37O9P/c1-11(2)25-10-16-15(9-21)13(5)7-17(16)28-30(23,24)29-20(22)19-18(26-12(3)4)8-14(6)27-19/h11-19,21H,7-10H2,1-6H3,(H,23,24). The maximum atomic E-state index is 12.6. The van der Waals surface area contributed by atoms with Crippen LogP contribution in [0.25, 0.3) is 0 Å². The molecule has 0 aromatic rings. The van der Waals surface area contributed by atoms with Crippen LogP contribution < -0.4 is 0 Å². The van der Waals surface area contributed by atoms with Crippen molar-refractivity contribution in [3.8, 4) is 0 Å². The number of carbonyl (C=O) groups excluding carboxylic acids is 1. The van der Waals surface area contributed by atoms with Crippen molar-refractivity contribution < 1.29 is 42.6 Å². The Morgan fingerprint density at radius 2 is 1.77 bits per heavy atom. The Morgan fingerprint density at radius 1 is 1.10 bits per heavy atom. The Kier molecular flexibility index (Phi) is 9.31. The van der Waals surface area contributed by atoms with Gasteiger partial charge in [0.15, 0.2) is 6.10 Å². The van der Waals surface area contributed by atoms with Crippen LogP contribution in [-0.2, 0) is 32.6 Å². The first kappa shape index (κ1) is 25.7. The smallest absolute Gasteiger partial charge is 0.396 e. The van der Waals surface area contributed by atoms with Crippen molar-refractivity contribution in [3.05, 3.63) is 0 Å². The number of ether oxygens (including phenoxy) is 3. The van der Waals surface area contributed by atoms with Crippen LogP contribution in [0.1, 0.15) is 54.4 Å². The van der Waals surface area contributed by atoms with Crippen molar-refractivity contribution in [2.45, 2.75) is 91.0 Å². The molecule has 1 saturated carbocycles. The minimum atomic E-state index is -4.70. The van der Waals surface area contributed by atoms with E-state index in [2.05, 4.69) is 0 Å². The van der Waals surface area contributed by atoms with Crippen molar-refractivity contribution >= 4 is 13.8 Å². The van der Waals surface area contributed by atoms with Crippen LogP contribution in [0.4, 0.5) is 0 Å². The van der Waals surface area contributed by atoms with Gasteiger partial charge in [-0.25, -0.2) is 9.36 Å². The zero-order valence-electron chi connectivity index (χ0n) is 18.7. The largest absolute Gasteiger partial charge is 0.529 e. The fourth-order valence-electron chi connectivity index (χ4n) is 4.27. The van der Waals surface area contributed by atoms with Crippen molar-refractivity contribution in [1.82, 2.24) is 0 Å². The predicted octanol–water partition coefficient (Wildman–Crippen LogP) is 2.68. The number of phosphoric acid groups is 1. The van der Waals surface area contributed by atoms with Crippen LogP contribution in [0, 0.1) is 17.8 Å². The Morgan fingerprint density at radius 3 is 2.33 bits per heavy atom. The minimum absolute atomic E-state index is 0.0287. The van der Waals surface area contributed by atoms with Gasteiger partial charge in [0.1, 0.15) is 0 Å². The molecule has 1 heterocycles. The van der Waals surface area contributed by atoms with Gasteiger partial charge in [0.25, 0.3) is 0 Å². The molecule has 0 spiro atoms. The highest BCUT2D eigenvalue weighted by atomic mass is 31.2. The molecule has 8 unspecified atom stereocenters. The molecule has 0 radical (unpaired) electrons. The number of hydrogen-bond acceptors (Lipinski definition) is 8. The lowest BCUT2D eigenvalue weighted by molar-refractivity contribution is -0.155. The lowest BCUT2D eigenvalue weighted by Crippen LogP contribution is -2.35. The molecule has 1 aliphatic carbocycles. The van der Waals surface area contributed by atoms with Gasteiger partial charge in [-0.2, -0.15) is 0 Å². The predicted molar refractivity (Wildman–Crippen MR) is 109 cm³/mol. The van der Waals surface area contributed by atoms with Crippen molar-refractivity contribution in [3.63, 3.8) is 0 Å². The van der Waals surface area contributed by atoms with E-state index in [4.69, 9.17) is 23.3 Å². The number of hydrogen-bond donors (Lipinski definition) is 2. The summed E-state index contributed by atoms with van der Waals surface area (Å²) in [5.41, 5.74) is 0. The molecule has 1 aliphatic heterocycles. The van der Waals surface area contributed by atoms with E-state index in [1.165, 1.54) is 0 Å². The molecule has 0 aromatic heterocycles. The summed E-state index contributed by atoms with van der Waals surface area (Å²) in [5.74, 6) is -1.33. The first-order valence-corrected chi connectivity index (χ1v) is 12.2. The highest BCUT2D eigenvalue weighted by Crippen LogP contribution is 2.51. The van der Waals surface area contributed by atoms with Crippen LogP contribution >= 0.6 is 7.82 Å². The molecule has 0 bridgehead atoms. The number of carbonyl (C=O) groups is 1. The topological polar surface area (TPSA) is 121 Å². The first-order chi connectivity index (χ1) is 13.9. The Labute approximate surface area is 179 Å². The van der Waals surface area contributed by atoms with Crippen molar-refractivity contribution in [2.24, 2.45) is 17.8 Å². The third kappa shape index (κ3) is 6.99. The van der Waals surface area contributed by atoms with Gasteiger partial charge >= 0.3 is 13.8 Å². The van der Waals surface area contributed by atoms with Crippen LogP contribution in [0.2, 0.25) is 0 Å². The average molecular weight is 452 g/mol. The number of rotatable bonds is 10. The van der Waals surface area contributed by atoms with Gasteiger partial charge in [-0.3, -0.25) is 9.42 Å². The second-order valence-corrected chi connectivity index (χ2v) is 10.3. The summed E-state index contributed by atoms with van der Waals surface area (Å²) in [7, 11) is -4.70. The van der Waals surface area contributed by atoms with Gasteiger partial charge in [0, 0.05) is 18.9 Å². The van der Waals surface area contributed by atoms with Gasteiger partial charge in [0.05, 0.1) is 37.1 Å². The molecule has 9 nitrogen and oxygen atoms in total. The number of aliphatic hydroxyl groups is 1. The molecule has 2 rings (SSSR count). The minimum Gasteiger partial charge on any atom is -0.396 e. The molecule has 30 heavy (non-hydrogen) atoms. The summed E-state index contributed by atoms with van der Waals surface area (Å²) in [6.45, 7) is 11.4. The van der Waals surface area contributed by atoms with E-state index in [0.29, 0.717) is 12.8 Å². The molecule has 2 aliphatic rings. The summed E-state index contributed by atoms with van der Waals surface area (Å²) in [4.78, 5) is 22.8. The van der Waals surface area contributed by atoms with E-state index >= 15 is 0 Å². The highest BCUT2D eigenvalue weighted by Gasteiger charge is 2.48. The van der Waals surface area contributed by atoms with E-state index in [-0.39, 0.29) is 49.3 Å².